The lowest BCUT2D eigenvalue weighted by Gasteiger charge is -2.09. The zero-order valence-electron chi connectivity index (χ0n) is 12.5. The topological polar surface area (TPSA) is 110 Å². The Balaban J connectivity index is 1.84. The Kier molecular flexibility index (Phi) is 4.16. The predicted octanol–water partition coefficient (Wildman–Crippen LogP) is 2.66. The Morgan fingerprint density at radius 1 is 1.25 bits per heavy atom. The van der Waals surface area contributed by atoms with E-state index < -0.39 is 4.92 Å². The maximum atomic E-state index is 11.2. The molecule has 8 heteroatoms. The van der Waals surface area contributed by atoms with Crippen molar-refractivity contribution in [2.24, 2.45) is 0 Å². The summed E-state index contributed by atoms with van der Waals surface area (Å²) in [4.78, 5) is 10.6. The lowest BCUT2D eigenvalue weighted by atomic mass is 10.2. The van der Waals surface area contributed by atoms with Crippen molar-refractivity contribution in [3.05, 3.63) is 76.4 Å². The summed E-state index contributed by atoms with van der Waals surface area (Å²) in [7, 11) is 0. The van der Waals surface area contributed by atoms with Gasteiger partial charge < -0.3 is 5.32 Å². The van der Waals surface area contributed by atoms with Crippen molar-refractivity contribution in [1.29, 1.82) is 5.26 Å². The minimum atomic E-state index is -0.523. The zero-order chi connectivity index (χ0) is 16.9. The van der Waals surface area contributed by atoms with Crippen molar-refractivity contribution in [3.8, 4) is 11.8 Å². The van der Waals surface area contributed by atoms with E-state index in [0.717, 1.165) is 5.69 Å². The average molecular weight is 320 g/mol. The first-order valence-corrected chi connectivity index (χ1v) is 7.06. The highest BCUT2D eigenvalue weighted by Gasteiger charge is 2.15. The van der Waals surface area contributed by atoms with Crippen molar-refractivity contribution in [1.82, 2.24) is 14.8 Å². The summed E-state index contributed by atoms with van der Waals surface area (Å²) in [5.41, 5.74) is 1.30. The molecular weight excluding hydrogens is 308 g/mol. The van der Waals surface area contributed by atoms with Gasteiger partial charge in [-0.05, 0) is 24.3 Å². The minimum absolute atomic E-state index is 0.153. The molecule has 0 bridgehead atoms. The van der Waals surface area contributed by atoms with E-state index in [9.17, 15) is 10.1 Å². The molecule has 0 aliphatic carbocycles. The largest absolute Gasteiger partial charge is 0.372 e. The van der Waals surface area contributed by atoms with Crippen molar-refractivity contribution in [2.45, 2.75) is 6.54 Å². The number of hydrogen-bond donors (Lipinski definition) is 1. The molecule has 1 N–H and O–H groups in total. The first kappa shape index (κ1) is 15.2. The van der Waals surface area contributed by atoms with E-state index in [1.807, 2.05) is 36.4 Å². The number of para-hydroxylation sites is 1. The molecule has 0 radical (unpaired) electrons. The van der Waals surface area contributed by atoms with E-state index in [1.165, 1.54) is 18.2 Å². The second kappa shape index (κ2) is 6.58. The highest BCUT2D eigenvalue weighted by Crippen LogP contribution is 2.25. The van der Waals surface area contributed by atoms with Crippen LogP contribution >= 0.6 is 0 Å². The van der Waals surface area contributed by atoms with E-state index in [1.54, 1.807) is 10.9 Å². The number of nitrogens with zero attached hydrogens (tertiary/aromatic N) is 5. The molecule has 0 unspecified atom stereocenters. The Labute approximate surface area is 137 Å². The summed E-state index contributed by atoms with van der Waals surface area (Å²) in [6, 6.07) is 15.7. The molecule has 2 aromatic carbocycles. The van der Waals surface area contributed by atoms with Crippen LogP contribution in [0.3, 0.4) is 0 Å². The van der Waals surface area contributed by atoms with Gasteiger partial charge in [-0.15, -0.1) is 10.2 Å². The van der Waals surface area contributed by atoms with E-state index in [0.29, 0.717) is 11.5 Å². The van der Waals surface area contributed by atoms with Crippen LogP contribution in [0.25, 0.3) is 5.69 Å². The highest BCUT2D eigenvalue weighted by atomic mass is 16.6. The van der Waals surface area contributed by atoms with Crippen LogP contribution in [0.1, 0.15) is 11.4 Å². The van der Waals surface area contributed by atoms with Gasteiger partial charge in [0.1, 0.15) is 12.0 Å². The summed E-state index contributed by atoms with van der Waals surface area (Å²) in [5.74, 6) is 0.611. The van der Waals surface area contributed by atoms with Crippen molar-refractivity contribution < 1.29 is 4.92 Å². The third-order valence-electron chi connectivity index (χ3n) is 3.41. The Morgan fingerprint density at radius 3 is 2.75 bits per heavy atom. The number of hydrogen-bond acceptors (Lipinski definition) is 6. The number of benzene rings is 2. The van der Waals surface area contributed by atoms with Gasteiger partial charge in [0.25, 0.3) is 5.69 Å². The number of nitro groups is 1. The number of rotatable bonds is 5. The molecule has 3 aromatic rings. The van der Waals surface area contributed by atoms with Gasteiger partial charge in [-0.3, -0.25) is 14.7 Å². The highest BCUT2D eigenvalue weighted by molar-refractivity contribution is 5.64. The lowest BCUT2D eigenvalue weighted by molar-refractivity contribution is -0.384. The first-order valence-electron chi connectivity index (χ1n) is 7.06. The maximum Gasteiger partial charge on any atom is 0.293 e. The molecule has 1 heterocycles. The number of aromatic nitrogens is 3. The van der Waals surface area contributed by atoms with Crippen molar-refractivity contribution in [2.75, 3.05) is 5.32 Å². The third-order valence-corrected chi connectivity index (χ3v) is 3.41. The second-order valence-corrected chi connectivity index (χ2v) is 4.91. The van der Waals surface area contributed by atoms with Crippen LogP contribution in [0, 0.1) is 21.4 Å². The van der Waals surface area contributed by atoms with Gasteiger partial charge in [-0.2, -0.15) is 5.26 Å². The summed E-state index contributed by atoms with van der Waals surface area (Å²) < 4.78 is 1.79. The Morgan fingerprint density at radius 2 is 2.04 bits per heavy atom. The van der Waals surface area contributed by atoms with Gasteiger partial charge >= 0.3 is 0 Å². The summed E-state index contributed by atoms with van der Waals surface area (Å²) in [6.45, 7) is 0.252. The molecule has 0 amide bonds. The molecule has 0 saturated carbocycles. The van der Waals surface area contributed by atoms with Gasteiger partial charge in [0, 0.05) is 11.8 Å². The van der Waals surface area contributed by atoms with Gasteiger partial charge in [-0.25, -0.2) is 0 Å². The SMILES string of the molecule is N#Cc1ccc(NCc2nncn2-c2ccccc2)c([N+](=O)[O-])c1. The average Bonchev–Trinajstić information content (AvgIpc) is 3.09. The fourth-order valence-electron chi connectivity index (χ4n) is 2.26. The van der Waals surface area contributed by atoms with Crippen LogP contribution in [-0.4, -0.2) is 19.7 Å². The van der Waals surface area contributed by atoms with Gasteiger partial charge in [0.15, 0.2) is 5.82 Å². The number of anilines is 1. The lowest BCUT2D eigenvalue weighted by Crippen LogP contribution is -2.08. The van der Waals surface area contributed by atoms with Gasteiger partial charge in [-0.1, -0.05) is 18.2 Å². The van der Waals surface area contributed by atoms with E-state index in [4.69, 9.17) is 5.26 Å². The van der Waals surface area contributed by atoms with E-state index in [2.05, 4.69) is 15.5 Å². The van der Waals surface area contributed by atoms with Crippen LogP contribution in [0.15, 0.2) is 54.9 Å². The molecule has 118 valence electrons. The normalized spacial score (nSPS) is 10.1. The van der Waals surface area contributed by atoms with Crippen LogP contribution in [0.4, 0.5) is 11.4 Å². The molecule has 0 saturated heterocycles. The van der Waals surface area contributed by atoms with Crippen molar-refractivity contribution >= 4 is 11.4 Å². The van der Waals surface area contributed by atoms with Crippen LogP contribution in [0.5, 0.6) is 0 Å². The standard InChI is InChI=1S/C16H12N6O2/c17-9-12-6-7-14(15(8-12)22(23)24)18-10-16-20-19-11-21(16)13-4-2-1-3-5-13/h1-8,11,18H,10H2. The molecule has 0 fully saturated rings. The molecular formula is C16H12N6O2. The smallest absolute Gasteiger partial charge is 0.293 e. The zero-order valence-corrected chi connectivity index (χ0v) is 12.5. The Bertz CT molecular complexity index is 914. The van der Waals surface area contributed by atoms with E-state index >= 15 is 0 Å². The van der Waals surface area contributed by atoms with Crippen LogP contribution < -0.4 is 5.32 Å². The quantitative estimate of drug-likeness (QED) is 0.571. The Hall–Kier alpha value is -3.73. The second-order valence-electron chi connectivity index (χ2n) is 4.91. The summed E-state index contributed by atoms with van der Waals surface area (Å²) >= 11 is 0. The monoisotopic (exact) mass is 320 g/mol. The molecule has 0 aliphatic rings. The minimum Gasteiger partial charge on any atom is -0.372 e. The molecule has 3 rings (SSSR count). The number of nitriles is 1. The maximum absolute atomic E-state index is 11.2. The summed E-state index contributed by atoms with van der Waals surface area (Å²) in [6.07, 6.45) is 1.58. The van der Waals surface area contributed by atoms with Crippen LogP contribution in [0.2, 0.25) is 0 Å². The van der Waals surface area contributed by atoms with Gasteiger partial charge in [0.05, 0.1) is 23.1 Å². The van der Waals surface area contributed by atoms with E-state index in [-0.39, 0.29) is 17.8 Å². The first-order chi connectivity index (χ1) is 11.7. The molecule has 24 heavy (non-hydrogen) atoms. The molecule has 0 aliphatic heterocycles. The summed E-state index contributed by atoms with van der Waals surface area (Å²) in [5, 5.41) is 30.9. The van der Waals surface area contributed by atoms with Crippen molar-refractivity contribution in [3.63, 3.8) is 0 Å². The fourth-order valence-corrected chi connectivity index (χ4v) is 2.26. The third kappa shape index (κ3) is 3.05. The molecule has 0 spiro atoms. The van der Waals surface area contributed by atoms with Gasteiger partial charge in [0.2, 0.25) is 0 Å². The van der Waals surface area contributed by atoms with Crippen LogP contribution in [-0.2, 0) is 6.54 Å². The predicted molar refractivity (Wildman–Crippen MR) is 86.5 cm³/mol. The molecule has 1 aromatic heterocycles. The fraction of sp³-hybridized carbons (Fsp3) is 0.0625. The molecule has 8 nitrogen and oxygen atoms in total. The number of nitro benzene ring substituents is 1. The number of nitrogens with one attached hydrogen (secondary N) is 1. The molecule has 0 atom stereocenters.